The molecule has 1 aliphatic rings. The highest BCUT2D eigenvalue weighted by Gasteiger charge is 2.27. The number of halogens is 2. The third-order valence-corrected chi connectivity index (χ3v) is 2.54. The molecular weight excluding hydrogens is 227 g/mol. The molecule has 0 bridgehead atoms. The lowest BCUT2D eigenvalue weighted by Gasteiger charge is -2.37. The molecule has 1 saturated heterocycles. The van der Waals surface area contributed by atoms with E-state index in [4.69, 9.17) is 23.2 Å². The van der Waals surface area contributed by atoms with Gasteiger partial charge in [0.15, 0.2) is 0 Å². The highest BCUT2D eigenvalue weighted by molar-refractivity contribution is 6.28. The van der Waals surface area contributed by atoms with E-state index in [1.54, 1.807) is 0 Å². The number of hydrogen-bond acceptors (Lipinski definition) is 2. The van der Waals surface area contributed by atoms with Crippen LogP contribution in [0.25, 0.3) is 0 Å². The van der Waals surface area contributed by atoms with E-state index in [0.29, 0.717) is 13.1 Å². The largest absolute Gasteiger partial charge is 0.272 e. The van der Waals surface area contributed by atoms with Crippen LogP contribution in [0.2, 0.25) is 0 Å². The molecule has 0 unspecified atom stereocenters. The molecule has 0 aromatic rings. The maximum atomic E-state index is 11.4. The molecule has 0 atom stereocenters. The standard InChI is InChI=1S/C8H12Cl2N2O2/c9-5-7(13)11-3-1-2-4-12(11)8(14)6-10/h1-6H2. The molecule has 1 rings (SSSR count). The van der Waals surface area contributed by atoms with Crippen molar-refractivity contribution in [3.05, 3.63) is 0 Å². The summed E-state index contributed by atoms with van der Waals surface area (Å²) in [7, 11) is 0. The molecule has 0 aromatic heterocycles. The van der Waals surface area contributed by atoms with Crippen LogP contribution in [0.1, 0.15) is 12.8 Å². The maximum Gasteiger partial charge on any atom is 0.256 e. The predicted molar refractivity (Wildman–Crippen MR) is 54.1 cm³/mol. The van der Waals surface area contributed by atoms with Gasteiger partial charge in [-0.05, 0) is 12.8 Å². The highest BCUT2D eigenvalue weighted by atomic mass is 35.5. The second kappa shape index (κ2) is 5.41. The van der Waals surface area contributed by atoms with Gasteiger partial charge >= 0.3 is 0 Å². The van der Waals surface area contributed by atoms with E-state index < -0.39 is 0 Å². The van der Waals surface area contributed by atoms with Gasteiger partial charge in [0, 0.05) is 13.1 Å². The van der Waals surface area contributed by atoms with E-state index in [1.807, 2.05) is 0 Å². The Morgan fingerprint density at radius 2 is 1.29 bits per heavy atom. The lowest BCUT2D eigenvalue weighted by atomic mass is 10.2. The Labute approximate surface area is 92.7 Å². The van der Waals surface area contributed by atoms with Crippen LogP contribution in [0.15, 0.2) is 0 Å². The number of hydrazine groups is 1. The summed E-state index contributed by atoms with van der Waals surface area (Å²) in [5.74, 6) is -0.701. The Morgan fingerprint density at radius 1 is 0.929 bits per heavy atom. The molecule has 2 amide bonds. The normalized spacial score (nSPS) is 17.0. The van der Waals surface area contributed by atoms with E-state index in [9.17, 15) is 9.59 Å². The van der Waals surface area contributed by atoms with Crippen molar-refractivity contribution in [2.45, 2.75) is 12.8 Å². The van der Waals surface area contributed by atoms with Crippen molar-refractivity contribution >= 4 is 35.0 Å². The van der Waals surface area contributed by atoms with Gasteiger partial charge in [-0.15, -0.1) is 23.2 Å². The monoisotopic (exact) mass is 238 g/mol. The van der Waals surface area contributed by atoms with Gasteiger partial charge in [-0.1, -0.05) is 0 Å². The van der Waals surface area contributed by atoms with Crippen LogP contribution in [0.4, 0.5) is 0 Å². The average molecular weight is 239 g/mol. The summed E-state index contributed by atoms with van der Waals surface area (Å²) in [5.41, 5.74) is 0. The number of hydrogen-bond donors (Lipinski definition) is 0. The number of amides is 2. The van der Waals surface area contributed by atoms with E-state index in [-0.39, 0.29) is 23.6 Å². The second-order valence-electron chi connectivity index (χ2n) is 3.01. The lowest BCUT2D eigenvalue weighted by Crippen LogP contribution is -2.54. The zero-order valence-electron chi connectivity index (χ0n) is 7.71. The van der Waals surface area contributed by atoms with E-state index in [0.717, 1.165) is 12.8 Å². The summed E-state index contributed by atoms with van der Waals surface area (Å²) in [6, 6.07) is 0. The van der Waals surface area contributed by atoms with E-state index in [1.165, 1.54) is 10.0 Å². The minimum Gasteiger partial charge on any atom is -0.272 e. The molecule has 4 nitrogen and oxygen atoms in total. The van der Waals surface area contributed by atoms with Crippen LogP contribution >= 0.6 is 23.2 Å². The van der Waals surface area contributed by atoms with E-state index in [2.05, 4.69) is 0 Å². The zero-order chi connectivity index (χ0) is 10.6. The number of alkyl halides is 2. The van der Waals surface area contributed by atoms with Crippen molar-refractivity contribution in [2.24, 2.45) is 0 Å². The van der Waals surface area contributed by atoms with Crippen molar-refractivity contribution in [2.75, 3.05) is 24.8 Å². The third-order valence-electron chi connectivity index (χ3n) is 2.09. The quantitative estimate of drug-likeness (QED) is 0.669. The highest BCUT2D eigenvalue weighted by Crippen LogP contribution is 2.12. The van der Waals surface area contributed by atoms with Crippen LogP contribution in [-0.4, -0.2) is 46.7 Å². The summed E-state index contributed by atoms with van der Waals surface area (Å²) in [6.07, 6.45) is 1.80. The average Bonchev–Trinajstić information content (AvgIpc) is 2.27. The van der Waals surface area contributed by atoms with Crippen LogP contribution in [0.5, 0.6) is 0 Å². The number of rotatable bonds is 2. The predicted octanol–water partition coefficient (Wildman–Crippen LogP) is 0.830. The lowest BCUT2D eigenvalue weighted by molar-refractivity contribution is -0.164. The van der Waals surface area contributed by atoms with Crippen LogP contribution in [-0.2, 0) is 9.59 Å². The fourth-order valence-electron chi connectivity index (χ4n) is 1.42. The van der Waals surface area contributed by atoms with Gasteiger partial charge in [0.1, 0.15) is 11.8 Å². The fraction of sp³-hybridized carbons (Fsp3) is 0.750. The molecular formula is C8H12Cl2N2O2. The van der Waals surface area contributed by atoms with Gasteiger partial charge in [-0.3, -0.25) is 19.6 Å². The molecule has 1 heterocycles. The minimum absolute atomic E-state index is 0.105. The Balaban J connectivity index is 2.68. The molecule has 0 aliphatic carbocycles. The molecule has 0 spiro atoms. The van der Waals surface area contributed by atoms with Crippen molar-refractivity contribution in [3.8, 4) is 0 Å². The van der Waals surface area contributed by atoms with Crippen LogP contribution < -0.4 is 0 Å². The number of carbonyl (C=O) groups is 2. The first-order chi connectivity index (χ1) is 6.70. The fourth-order valence-corrected chi connectivity index (χ4v) is 1.70. The first-order valence-electron chi connectivity index (χ1n) is 4.43. The first-order valence-corrected chi connectivity index (χ1v) is 5.50. The Morgan fingerprint density at radius 3 is 1.57 bits per heavy atom. The third kappa shape index (κ3) is 2.51. The van der Waals surface area contributed by atoms with Gasteiger partial charge in [0.05, 0.1) is 0 Å². The zero-order valence-corrected chi connectivity index (χ0v) is 9.22. The summed E-state index contributed by atoms with van der Waals surface area (Å²) < 4.78 is 0. The molecule has 0 N–H and O–H groups in total. The second-order valence-corrected chi connectivity index (χ2v) is 3.54. The Kier molecular flexibility index (Phi) is 4.48. The van der Waals surface area contributed by atoms with Crippen molar-refractivity contribution in [3.63, 3.8) is 0 Å². The summed E-state index contributed by atoms with van der Waals surface area (Å²) in [5, 5.41) is 2.78. The molecule has 14 heavy (non-hydrogen) atoms. The summed E-state index contributed by atoms with van der Waals surface area (Å²) >= 11 is 10.9. The van der Waals surface area contributed by atoms with Crippen molar-refractivity contribution in [1.82, 2.24) is 10.0 Å². The number of carbonyl (C=O) groups excluding carboxylic acids is 2. The minimum atomic E-state index is -0.246. The topological polar surface area (TPSA) is 40.6 Å². The SMILES string of the molecule is O=C(CCl)N1CCCCN1C(=O)CCl. The molecule has 0 radical (unpaired) electrons. The number of nitrogens with zero attached hydrogens (tertiary/aromatic N) is 2. The van der Waals surface area contributed by atoms with Crippen LogP contribution in [0, 0.1) is 0 Å². The first kappa shape index (κ1) is 11.6. The van der Waals surface area contributed by atoms with Gasteiger partial charge < -0.3 is 0 Å². The van der Waals surface area contributed by atoms with Gasteiger partial charge in [0.25, 0.3) is 11.8 Å². The Bertz CT molecular complexity index is 211. The molecule has 80 valence electrons. The van der Waals surface area contributed by atoms with Gasteiger partial charge in [0.2, 0.25) is 0 Å². The molecule has 1 aliphatic heterocycles. The molecule has 0 saturated carbocycles. The smallest absolute Gasteiger partial charge is 0.256 e. The van der Waals surface area contributed by atoms with Crippen LogP contribution in [0.3, 0.4) is 0 Å². The van der Waals surface area contributed by atoms with Gasteiger partial charge in [-0.25, -0.2) is 0 Å². The maximum absolute atomic E-state index is 11.4. The van der Waals surface area contributed by atoms with E-state index >= 15 is 0 Å². The van der Waals surface area contributed by atoms with Crippen molar-refractivity contribution < 1.29 is 9.59 Å². The summed E-state index contributed by atoms with van der Waals surface area (Å²) in [6.45, 7) is 1.10. The van der Waals surface area contributed by atoms with Gasteiger partial charge in [-0.2, -0.15) is 0 Å². The molecule has 1 fully saturated rings. The molecule has 6 heteroatoms. The Hall–Kier alpha value is -0.480. The summed E-state index contributed by atoms with van der Waals surface area (Å²) in [4.78, 5) is 22.7. The molecule has 0 aromatic carbocycles. The van der Waals surface area contributed by atoms with Crippen molar-refractivity contribution in [1.29, 1.82) is 0 Å².